The standard InChI is InChI=1S/C25H22N6O/c1-3-24(30-10-8-26-9-11-30)28-14-19(1)20-2-4-25-29-15-23(31(25)16-20)18-5-7-27-22(13-18)21-6-12-32-17-21/h1-7,12-17,26H,8-11H2. The molecule has 0 atom stereocenters. The van der Waals surface area contributed by atoms with Crippen molar-refractivity contribution >= 4 is 11.5 Å². The number of imidazole rings is 1. The van der Waals surface area contributed by atoms with Gasteiger partial charge in [-0.2, -0.15) is 0 Å². The lowest BCUT2D eigenvalue weighted by Crippen LogP contribution is -2.43. The van der Waals surface area contributed by atoms with Crippen LogP contribution in [0.1, 0.15) is 0 Å². The van der Waals surface area contributed by atoms with Gasteiger partial charge in [-0.1, -0.05) is 0 Å². The summed E-state index contributed by atoms with van der Waals surface area (Å²) in [4.78, 5) is 16.1. The van der Waals surface area contributed by atoms with E-state index >= 15 is 0 Å². The van der Waals surface area contributed by atoms with E-state index in [1.807, 2.05) is 36.8 Å². The molecule has 0 aromatic carbocycles. The van der Waals surface area contributed by atoms with Crippen LogP contribution in [-0.4, -0.2) is 45.5 Å². The predicted octanol–water partition coefficient (Wildman–Crippen LogP) is 4.13. The maximum atomic E-state index is 5.21. The third kappa shape index (κ3) is 3.42. The normalized spacial score (nSPS) is 14.2. The van der Waals surface area contributed by atoms with E-state index in [-0.39, 0.29) is 0 Å². The van der Waals surface area contributed by atoms with Gasteiger partial charge >= 0.3 is 0 Å². The number of hydrogen-bond acceptors (Lipinski definition) is 6. The van der Waals surface area contributed by atoms with Crippen molar-refractivity contribution in [2.24, 2.45) is 0 Å². The number of fused-ring (bicyclic) bond motifs is 1. The molecule has 5 aromatic heterocycles. The summed E-state index contributed by atoms with van der Waals surface area (Å²) in [7, 11) is 0. The molecular weight excluding hydrogens is 400 g/mol. The summed E-state index contributed by atoms with van der Waals surface area (Å²) in [5.74, 6) is 1.03. The Morgan fingerprint density at radius 2 is 1.72 bits per heavy atom. The monoisotopic (exact) mass is 422 g/mol. The van der Waals surface area contributed by atoms with Crippen molar-refractivity contribution in [1.82, 2.24) is 24.7 Å². The van der Waals surface area contributed by atoms with E-state index in [2.05, 4.69) is 55.0 Å². The number of rotatable bonds is 4. The van der Waals surface area contributed by atoms with E-state index in [4.69, 9.17) is 9.40 Å². The van der Waals surface area contributed by atoms with Crippen molar-refractivity contribution in [2.75, 3.05) is 31.1 Å². The molecule has 0 amide bonds. The molecule has 0 unspecified atom stereocenters. The zero-order valence-electron chi connectivity index (χ0n) is 17.5. The number of piperazine rings is 1. The summed E-state index contributed by atoms with van der Waals surface area (Å²) in [5.41, 5.74) is 6.97. The van der Waals surface area contributed by atoms with Gasteiger partial charge in [0.15, 0.2) is 0 Å². The Kier molecular flexibility index (Phi) is 4.66. The largest absolute Gasteiger partial charge is 0.472 e. The third-order valence-electron chi connectivity index (χ3n) is 5.90. The summed E-state index contributed by atoms with van der Waals surface area (Å²) in [6.07, 6.45) is 11.2. The Balaban J connectivity index is 1.35. The molecule has 0 radical (unpaired) electrons. The van der Waals surface area contributed by atoms with Crippen molar-refractivity contribution < 1.29 is 4.42 Å². The van der Waals surface area contributed by atoms with Crippen molar-refractivity contribution in [3.63, 3.8) is 0 Å². The number of anilines is 1. The quantitative estimate of drug-likeness (QED) is 0.470. The summed E-state index contributed by atoms with van der Waals surface area (Å²) in [6, 6.07) is 14.4. The highest BCUT2D eigenvalue weighted by molar-refractivity contribution is 5.72. The minimum Gasteiger partial charge on any atom is -0.472 e. The van der Waals surface area contributed by atoms with E-state index in [1.165, 1.54) is 0 Å². The van der Waals surface area contributed by atoms with Crippen LogP contribution in [0.15, 0.2) is 84.2 Å². The highest BCUT2D eigenvalue weighted by Gasteiger charge is 2.13. The summed E-state index contributed by atoms with van der Waals surface area (Å²) in [5, 5.41) is 3.38. The Hall–Kier alpha value is -3.97. The van der Waals surface area contributed by atoms with Gasteiger partial charge in [0.2, 0.25) is 0 Å². The van der Waals surface area contributed by atoms with E-state index in [0.717, 1.165) is 71.3 Å². The lowest BCUT2D eigenvalue weighted by Gasteiger charge is -2.28. The molecule has 1 N–H and O–H groups in total. The number of furan rings is 1. The predicted molar refractivity (Wildman–Crippen MR) is 124 cm³/mol. The number of pyridine rings is 3. The Bertz CT molecular complexity index is 1350. The Morgan fingerprint density at radius 1 is 0.812 bits per heavy atom. The van der Waals surface area contributed by atoms with Crippen molar-refractivity contribution in [2.45, 2.75) is 0 Å². The number of nitrogens with one attached hydrogen (secondary N) is 1. The van der Waals surface area contributed by atoms with Crippen LogP contribution in [0, 0.1) is 0 Å². The molecule has 7 heteroatoms. The minimum atomic E-state index is 0.870. The van der Waals surface area contributed by atoms with Gasteiger partial charge in [0.25, 0.3) is 0 Å². The Labute approximate surface area is 185 Å². The molecule has 1 aliphatic rings. The van der Waals surface area contributed by atoms with E-state index in [0.29, 0.717) is 0 Å². The maximum absolute atomic E-state index is 5.21. The fraction of sp³-hybridized carbons (Fsp3) is 0.160. The lowest BCUT2D eigenvalue weighted by molar-refractivity contribution is 0.568. The fourth-order valence-corrected chi connectivity index (χ4v) is 4.16. The second kappa shape index (κ2) is 7.94. The molecule has 32 heavy (non-hydrogen) atoms. The lowest BCUT2D eigenvalue weighted by atomic mass is 10.1. The van der Waals surface area contributed by atoms with E-state index in [1.54, 1.807) is 12.5 Å². The van der Waals surface area contributed by atoms with Gasteiger partial charge in [-0.3, -0.25) is 9.38 Å². The topological polar surface area (TPSA) is 71.5 Å². The minimum absolute atomic E-state index is 0.870. The number of aromatic nitrogens is 4. The van der Waals surface area contributed by atoms with Crippen LogP contribution < -0.4 is 10.2 Å². The summed E-state index contributed by atoms with van der Waals surface area (Å²) >= 11 is 0. The SMILES string of the molecule is c1cc(-c2cnc3ccc(-c4ccc(N5CCNCC5)nc4)cn23)cc(-c2ccoc2)n1. The second-order valence-corrected chi connectivity index (χ2v) is 7.87. The molecule has 6 heterocycles. The van der Waals surface area contributed by atoms with Gasteiger partial charge in [-0.05, 0) is 42.5 Å². The zero-order valence-corrected chi connectivity index (χ0v) is 17.5. The smallest absolute Gasteiger partial charge is 0.137 e. The van der Waals surface area contributed by atoms with Crippen LogP contribution in [0.25, 0.3) is 39.3 Å². The highest BCUT2D eigenvalue weighted by atomic mass is 16.3. The van der Waals surface area contributed by atoms with Gasteiger partial charge in [0, 0.05) is 67.0 Å². The summed E-state index contributed by atoms with van der Waals surface area (Å²) in [6.45, 7) is 3.98. The molecule has 0 spiro atoms. The molecule has 0 aliphatic carbocycles. The zero-order chi connectivity index (χ0) is 21.3. The van der Waals surface area contributed by atoms with Gasteiger partial charge in [0.1, 0.15) is 11.5 Å². The molecule has 1 aliphatic heterocycles. The van der Waals surface area contributed by atoms with Gasteiger partial charge < -0.3 is 14.6 Å². The van der Waals surface area contributed by atoms with E-state index in [9.17, 15) is 0 Å². The molecule has 1 fully saturated rings. The Morgan fingerprint density at radius 3 is 2.53 bits per heavy atom. The fourth-order valence-electron chi connectivity index (χ4n) is 4.16. The molecule has 0 saturated carbocycles. The maximum Gasteiger partial charge on any atom is 0.137 e. The van der Waals surface area contributed by atoms with Gasteiger partial charge in [0.05, 0.1) is 30.1 Å². The van der Waals surface area contributed by atoms with E-state index < -0.39 is 0 Å². The third-order valence-corrected chi connectivity index (χ3v) is 5.90. The molecule has 158 valence electrons. The van der Waals surface area contributed by atoms with Crippen LogP contribution in [0.5, 0.6) is 0 Å². The summed E-state index contributed by atoms with van der Waals surface area (Å²) < 4.78 is 7.33. The average molecular weight is 422 g/mol. The molecule has 0 bridgehead atoms. The highest BCUT2D eigenvalue weighted by Crippen LogP contribution is 2.28. The number of nitrogens with zero attached hydrogens (tertiary/aromatic N) is 5. The molecule has 1 saturated heterocycles. The first-order chi connectivity index (χ1) is 15.8. The van der Waals surface area contributed by atoms with Crippen LogP contribution in [0.3, 0.4) is 0 Å². The van der Waals surface area contributed by atoms with Crippen LogP contribution in [0.2, 0.25) is 0 Å². The first-order valence-corrected chi connectivity index (χ1v) is 10.7. The van der Waals surface area contributed by atoms with Gasteiger partial charge in [-0.25, -0.2) is 9.97 Å². The molecule has 6 rings (SSSR count). The second-order valence-electron chi connectivity index (χ2n) is 7.87. The van der Waals surface area contributed by atoms with Crippen LogP contribution in [-0.2, 0) is 0 Å². The van der Waals surface area contributed by atoms with Crippen LogP contribution in [0.4, 0.5) is 5.82 Å². The molecule has 5 aromatic rings. The van der Waals surface area contributed by atoms with Crippen molar-refractivity contribution in [3.05, 3.63) is 79.8 Å². The average Bonchev–Trinajstić information content (AvgIpc) is 3.55. The van der Waals surface area contributed by atoms with Crippen LogP contribution >= 0.6 is 0 Å². The van der Waals surface area contributed by atoms with Crippen molar-refractivity contribution in [3.8, 4) is 33.6 Å². The van der Waals surface area contributed by atoms with Gasteiger partial charge in [-0.15, -0.1) is 0 Å². The first kappa shape index (κ1) is 18.8. The first-order valence-electron chi connectivity index (χ1n) is 10.7. The molecule has 7 nitrogen and oxygen atoms in total. The van der Waals surface area contributed by atoms with Crippen molar-refractivity contribution in [1.29, 1.82) is 0 Å². The molecular formula is C25H22N6O. The number of hydrogen-bond donors (Lipinski definition) is 1.